The number of aryl methyl sites for hydroxylation is 1. The molecule has 3 nitrogen and oxygen atoms in total. The van der Waals surface area contributed by atoms with E-state index < -0.39 is 0 Å². The zero-order valence-corrected chi connectivity index (χ0v) is 9.04. The summed E-state index contributed by atoms with van der Waals surface area (Å²) in [6, 6.07) is 2.47. The third kappa shape index (κ3) is 1.82. The minimum atomic E-state index is 0.450. The second kappa shape index (κ2) is 4.13. The molecule has 76 valence electrons. The molecule has 2 rings (SSSR count). The van der Waals surface area contributed by atoms with Crippen LogP contribution in [0.4, 0.5) is 5.82 Å². The van der Waals surface area contributed by atoms with Crippen molar-refractivity contribution in [3.63, 3.8) is 0 Å². The van der Waals surface area contributed by atoms with Crippen LogP contribution in [0.25, 0.3) is 0 Å². The van der Waals surface area contributed by atoms with Crippen molar-refractivity contribution in [1.82, 2.24) is 9.97 Å². The molecule has 1 atom stereocenters. The summed E-state index contributed by atoms with van der Waals surface area (Å²) >= 11 is 5.91. The summed E-state index contributed by atoms with van der Waals surface area (Å²) in [6.07, 6.45) is 4.00. The molecule has 0 saturated carbocycles. The molecule has 1 aliphatic heterocycles. The van der Waals surface area contributed by atoms with Crippen LogP contribution in [0, 0.1) is 6.92 Å². The van der Waals surface area contributed by atoms with Crippen molar-refractivity contribution in [3.8, 4) is 0 Å². The summed E-state index contributed by atoms with van der Waals surface area (Å²) in [7, 11) is 0. The monoisotopic (exact) mass is 211 g/mol. The first-order valence-corrected chi connectivity index (χ1v) is 5.46. The Hall–Kier alpha value is -0.830. The van der Waals surface area contributed by atoms with Gasteiger partial charge in [-0.25, -0.2) is 9.97 Å². The lowest BCUT2D eigenvalue weighted by atomic mass is 10.2. The maximum Gasteiger partial charge on any atom is 0.132 e. The SMILES string of the molecule is Cc1cc(N2CCCC2CCl)ncn1. The highest BCUT2D eigenvalue weighted by Gasteiger charge is 2.24. The van der Waals surface area contributed by atoms with Gasteiger partial charge in [0.2, 0.25) is 0 Å². The van der Waals surface area contributed by atoms with Crippen LogP contribution in [0.1, 0.15) is 18.5 Å². The first kappa shape index (κ1) is 9.71. The van der Waals surface area contributed by atoms with Crippen molar-refractivity contribution >= 4 is 17.4 Å². The summed E-state index contributed by atoms with van der Waals surface area (Å²) in [6.45, 7) is 3.05. The standard InChI is InChI=1S/C10H14ClN3/c1-8-5-10(13-7-12-8)14-4-2-3-9(14)6-11/h5,7,9H,2-4,6H2,1H3. The van der Waals surface area contributed by atoms with Gasteiger partial charge in [-0.05, 0) is 19.8 Å². The van der Waals surface area contributed by atoms with Gasteiger partial charge in [0.05, 0.1) is 0 Å². The predicted octanol–water partition coefficient (Wildman–Crippen LogP) is 1.99. The summed E-state index contributed by atoms with van der Waals surface area (Å²) in [5.74, 6) is 1.70. The zero-order chi connectivity index (χ0) is 9.97. The molecule has 0 aliphatic carbocycles. The van der Waals surface area contributed by atoms with Gasteiger partial charge < -0.3 is 4.90 Å². The predicted molar refractivity (Wildman–Crippen MR) is 57.9 cm³/mol. The van der Waals surface area contributed by atoms with E-state index in [1.54, 1.807) is 6.33 Å². The van der Waals surface area contributed by atoms with Gasteiger partial charge in [-0.3, -0.25) is 0 Å². The molecular formula is C10H14ClN3. The van der Waals surface area contributed by atoms with Crippen molar-refractivity contribution in [3.05, 3.63) is 18.1 Å². The molecule has 0 aromatic carbocycles. The second-order valence-electron chi connectivity index (χ2n) is 3.66. The number of rotatable bonds is 2. The maximum atomic E-state index is 5.91. The van der Waals surface area contributed by atoms with Gasteiger partial charge in [0, 0.05) is 30.2 Å². The van der Waals surface area contributed by atoms with Crippen LogP contribution in [0.15, 0.2) is 12.4 Å². The number of hydrogen-bond acceptors (Lipinski definition) is 3. The molecule has 1 aromatic rings. The topological polar surface area (TPSA) is 29.0 Å². The zero-order valence-electron chi connectivity index (χ0n) is 8.28. The average Bonchev–Trinajstić information content (AvgIpc) is 2.65. The summed E-state index contributed by atoms with van der Waals surface area (Å²) in [4.78, 5) is 10.6. The number of anilines is 1. The Kier molecular flexibility index (Phi) is 2.87. The van der Waals surface area contributed by atoms with E-state index in [9.17, 15) is 0 Å². The molecule has 1 aromatic heterocycles. The Morgan fingerprint density at radius 1 is 1.57 bits per heavy atom. The molecule has 4 heteroatoms. The minimum Gasteiger partial charge on any atom is -0.352 e. The highest BCUT2D eigenvalue weighted by atomic mass is 35.5. The fraction of sp³-hybridized carbons (Fsp3) is 0.600. The van der Waals surface area contributed by atoms with E-state index in [0.29, 0.717) is 11.9 Å². The molecule has 1 aliphatic rings. The molecule has 0 bridgehead atoms. The molecule has 14 heavy (non-hydrogen) atoms. The normalized spacial score (nSPS) is 21.6. The van der Waals surface area contributed by atoms with E-state index in [4.69, 9.17) is 11.6 Å². The van der Waals surface area contributed by atoms with Crippen LogP contribution >= 0.6 is 11.6 Å². The summed E-state index contributed by atoms with van der Waals surface area (Å²) < 4.78 is 0. The molecule has 0 amide bonds. The lowest BCUT2D eigenvalue weighted by molar-refractivity contribution is 0.731. The summed E-state index contributed by atoms with van der Waals surface area (Å²) in [5, 5.41) is 0. The quantitative estimate of drug-likeness (QED) is 0.701. The smallest absolute Gasteiger partial charge is 0.132 e. The summed E-state index contributed by atoms with van der Waals surface area (Å²) in [5.41, 5.74) is 1.01. The Morgan fingerprint density at radius 3 is 3.14 bits per heavy atom. The van der Waals surface area contributed by atoms with Crippen LogP contribution in [0.5, 0.6) is 0 Å². The second-order valence-corrected chi connectivity index (χ2v) is 3.97. The molecule has 0 radical (unpaired) electrons. The first-order chi connectivity index (χ1) is 6.81. The Morgan fingerprint density at radius 2 is 2.43 bits per heavy atom. The Balaban J connectivity index is 2.21. The lowest BCUT2D eigenvalue weighted by Crippen LogP contribution is -2.31. The fourth-order valence-corrected chi connectivity index (χ4v) is 2.22. The molecule has 1 fully saturated rings. The van der Waals surface area contributed by atoms with Crippen molar-refractivity contribution in [2.45, 2.75) is 25.8 Å². The van der Waals surface area contributed by atoms with Gasteiger partial charge >= 0.3 is 0 Å². The van der Waals surface area contributed by atoms with Gasteiger partial charge in [0.25, 0.3) is 0 Å². The number of aromatic nitrogens is 2. The molecule has 1 saturated heterocycles. The van der Waals surface area contributed by atoms with Gasteiger partial charge in [-0.2, -0.15) is 0 Å². The number of nitrogens with zero attached hydrogens (tertiary/aromatic N) is 3. The highest BCUT2D eigenvalue weighted by Crippen LogP contribution is 2.24. The number of alkyl halides is 1. The van der Waals surface area contributed by atoms with Crippen LogP contribution in [0.2, 0.25) is 0 Å². The van der Waals surface area contributed by atoms with Gasteiger partial charge in [-0.1, -0.05) is 0 Å². The van der Waals surface area contributed by atoms with Gasteiger partial charge in [-0.15, -0.1) is 11.6 Å². The van der Waals surface area contributed by atoms with E-state index in [1.165, 1.54) is 12.8 Å². The first-order valence-electron chi connectivity index (χ1n) is 4.92. The molecule has 0 N–H and O–H groups in total. The average molecular weight is 212 g/mol. The van der Waals surface area contributed by atoms with E-state index in [2.05, 4.69) is 14.9 Å². The van der Waals surface area contributed by atoms with Crippen molar-refractivity contribution < 1.29 is 0 Å². The van der Waals surface area contributed by atoms with Gasteiger partial charge in [0.15, 0.2) is 0 Å². The van der Waals surface area contributed by atoms with Crippen molar-refractivity contribution in [2.24, 2.45) is 0 Å². The lowest BCUT2D eigenvalue weighted by Gasteiger charge is -2.23. The maximum absolute atomic E-state index is 5.91. The van der Waals surface area contributed by atoms with E-state index in [1.807, 2.05) is 13.0 Å². The Bertz CT molecular complexity index is 316. The van der Waals surface area contributed by atoms with Crippen LogP contribution in [-0.2, 0) is 0 Å². The largest absolute Gasteiger partial charge is 0.352 e. The highest BCUT2D eigenvalue weighted by molar-refractivity contribution is 6.18. The number of halogens is 1. The third-order valence-electron chi connectivity index (χ3n) is 2.64. The van der Waals surface area contributed by atoms with Crippen molar-refractivity contribution in [2.75, 3.05) is 17.3 Å². The van der Waals surface area contributed by atoms with Crippen LogP contribution in [0.3, 0.4) is 0 Å². The molecule has 0 spiro atoms. The van der Waals surface area contributed by atoms with E-state index >= 15 is 0 Å². The van der Waals surface area contributed by atoms with Gasteiger partial charge in [0.1, 0.15) is 12.1 Å². The molecule has 1 unspecified atom stereocenters. The molecule has 2 heterocycles. The fourth-order valence-electron chi connectivity index (χ4n) is 1.90. The number of hydrogen-bond donors (Lipinski definition) is 0. The Labute approximate surface area is 89.1 Å². The van der Waals surface area contributed by atoms with E-state index in [-0.39, 0.29) is 0 Å². The van der Waals surface area contributed by atoms with Crippen LogP contribution < -0.4 is 4.90 Å². The van der Waals surface area contributed by atoms with Crippen molar-refractivity contribution in [1.29, 1.82) is 0 Å². The third-order valence-corrected chi connectivity index (χ3v) is 3.00. The molecular weight excluding hydrogens is 198 g/mol. The van der Waals surface area contributed by atoms with Crippen LogP contribution in [-0.4, -0.2) is 28.4 Å². The van der Waals surface area contributed by atoms with E-state index in [0.717, 1.165) is 18.1 Å². The minimum absolute atomic E-state index is 0.450.